The molecule has 0 aromatic carbocycles. The first-order valence-corrected chi connectivity index (χ1v) is 4.34. The third-order valence-electron chi connectivity index (χ3n) is 1.62. The summed E-state index contributed by atoms with van der Waals surface area (Å²) in [5.41, 5.74) is 0.143. The highest BCUT2D eigenvalue weighted by Crippen LogP contribution is 2.00. The van der Waals surface area contributed by atoms with Crippen LogP contribution in [0.15, 0.2) is 24.3 Å². The van der Waals surface area contributed by atoms with E-state index in [0.717, 1.165) is 6.08 Å². The van der Waals surface area contributed by atoms with Crippen molar-refractivity contribution < 1.29 is 24.5 Å². The van der Waals surface area contributed by atoms with Gasteiger partial charge in [-0.1, -0.05) is 12.7 Å². The highest BCUT2D eigenvalue weighted by Gasteiger charge is 2.06. The van der Waals surface area contributed by atoms with Crippen molar-refractivity contribution in [2.75, 3.05) is 6.61 Å². The van der Waals surface area contributed by atoms with Crippen LogP contribution in [0.1, 0.15) is 13.3 Å². The summed E-state index contributed by atoms with van der Waals surface area (Å²) >= 11 is 0. The zero-order chi connectivity index (χ0) is 11.8. The molecule has 84 valence electrons. The number of rotatable bonds is 6. The van der Waals surface area contributed by atoms with Gasteiger partial charge < -0.3 is 14.9 Å². The molecule has 1 unspecified atom stereocenters. The topological polar surface area (TPSA) is 83.8 Å². The molecule has 0 aliphatic rings. The molecule has 0 spiro atoms. The smallest absolute Gasteiger partial charge is 0.330 e. The zero-order valence-corrected chi connectivity index (χ0v) is 8.47. The molecule has 0 aromatic heterocycles. The fourth-order valence-electron chi connectivity index (χ4n) is 0.705. The van der Waals surface area contributed by atoms with Gasteiger partial charge in [0.15, 0.2) is 0 Å². The average molecular weight is 214 g/mol. The van der Waals surface area contributed by atoms with Crippen LogP contribution in [0.5, 0.6) is 0 Å². The number of hydrogen-bond acceptors (Lipinski definition) is 4. The van der Waals surface area contributed by atoms with Crippen LogP contribution >= 0.6 is 0 Å². The molecule has 0 saturated carbocycles. The molecule has 0 radical (unpaired) electrons. The normalized spacial score (nSPS) is 13.1. The first-order chi connectivity index (χ1) is 6.97. The van der Waals surface area contributed by atoms with E-state index >= 15 is 0 Å². The van der Waals surface area contributed by atoms with E-state index in [1.165, 1.54) is 13.0 Å². The minimum atomic E-state index is -1.04. The van der Waals surface area contributed by atoms with Gasteiger partial charge in [0.2, 0.25) is 0 Å². The lowest BCUT2D eigenvalue weighted by molar-refractivity contribution is -0.140. The van der Waals surface area contributed by atoms with Crippen LogP contribution < -0.4 is 0 Å². The van der Waals surface area contributed by atoms with Crippen LogP contribution in [0, 0.1) is 0 Å². The first-order valence-electron chi connectivity index (χ1n) is 4.34. The van der Waals surface area contributed by atoms with E-state index in [1.807, 2.05) is 0 Å². The summed E-state index contributed by atoms with van der Waals surface area (Å²) in [4.78, 5) is 21.0. The molecule has 0 aliphatic heterocycles. The van der Waals surface area contributed by atoms with Crippen LogP contribution in [0.4, 0.5) is 0 Å². The Hall–Kier alpha value is -1.62. The summed E-state index contributed by atoms with van der Waals surface area (Å²) in [7, 11) is 0. The van der Waals surface area contributed by atoms with E-state index in [2.05, 4.69) is 11.3 Å². The van der Waals surface area contributed by atoms with Gasteiger partial charge in [-0.25, -0.2) is 9.59 Å². The molecule has 0 rings (SSSR count). The van der Waals surface area contributed by atoms with E-state index in [0.29, 0.717) is 0 Å². The Morgan fingerprint density at radius 3 is 2.60 bits per heavy atom. The van der Waals surface area contributed by atoms with Gasteiger partial charge in [-0.15, -0.1) is 0 Å². The van der Waals surface area contributed by atoms with Crippen LogP contribution in [-0.2, 0) is 14.3 Å². The third-order valence-corrected chi connectivity index (χ3v) is 1.62. The average Bonchev–Trinajstić information content (AvgIpc) is 2.21. The molecular formula is C10H14O5. The lowest BCUT2D eigenvalue weighted by atomic mass is 10.2. The minimum Gasteiger partial charge on any atom is -0.478 e. The summed E-state index contributed by atoms with van der Waals surface area (Å²) < 4.78 is 4.56. The first kappa shape index (κ1) is 13.4. The van der Waals surface area contributed by atoms with Crippen molar-refractivity contribution in [2.45, 2.75) is 19.4 Å². The maximum Gasteiger partial charge on any atom is 0.330 e. The minimum absolute atomic E-state index is 0.128. The molecule has 0 bridgehead atoms. The van der Waals surface area contributed by atoms with Crippen LogP contribution in [0.2, 0.25) is 0 Å². The molecule has 0 heterocycles. The van der Waals surface area contributed by atoms with Gasteiger partial charge in [-0.2, -0.15) is 0 Å². The Kier molecular flexibility index (Phi) is 6.05. The molecule has 2 N–H and O–H groups in total. The number of aliphatic carboxylic acids is 1. The highest BCUT2D eigenvalue weighted by molar-refractivity contribution is 5.85. The summed E-state index contributed by atoms with van der Waals surface area (Å²) in [5, 5.41) is 17.8. The van der Waals surface area contributed by atoms with Crippen LogP contribution in [-0.4, -0.2) is 34.9 Å². The number of ether oxygens (including phenoxy) is 1. The van der Waals surface area contributed by atoms with Crippen LogP contribution in [0.3, 0.4) is 0 Å². The molecule has 0 saturated heterocycles. The van der Waals surface area contributed by atoms with Gasteiger partial charge in [0.1, 0.15) is 6.61 Å². The number of carbonyl (C=O) groups is 2. The number of esters is 1. The number of aliphatic hydroxyl groups is 1. The molecule has 0 aliphatic carbocycles. The van der Waals surface area contributed by atoms with E-state index < -0.39 is 18.0 Å². The molecule has 0 amide bonds. The number of carboxylic acids is 1. The van der Waals surface area contributed by atoms with Gasteiger partial charge in [0.05, 0.1) is 6.10 Å². The second-order valence-corrected chi connectivity index (χ2v) is 2.92. The fraction of sp³-hybridized carbons (Fsp3) is 0.400. The number of carboxylic acid groups (broad SMARTS) is 1. The highest BCUT2D eigenvalue weighted by atomic mass is 16.5. The lowest BCUT2D eigenvalue weighted by Crippen LogP contribution is -2.17. The molecule has 0 fully saturated rings. The summed E-state index contributed by atoms with van der Waals surface area (Å²) in [6.07, 6.45) is 1.59. The molecule has 0 aromatic rings. The zero-order valence-electron chi connectivity index (χ0n) is 8.47. The van der Waals surface area contributed by atoms with Gasteiger partial charge in [-0.05, 0) is 13.3 Å². The Labute approximate surface area is 87.7 Å². The Balaban J connectivity index is 3.89. The van der Waals surface area contributed by atoms with Gasteiger partial charge in [-0.3, -0.25) is 0 Å². The molecule has 15 heavy (non-hydrogen) atoms. The van der Waals surface area contributed by atoms with Gasteiger partial charge in [0, 0.05) is 11.6 Å². The molecule has 5 heteroatoms. The molecule has 5 nitrogen and oxygen atoms in total. The Morgan fingerprint density at radius 1 is 1.53 bits per heavy atom. The number of carbonyl (C=O) groups excluding carboxylic acids is 1. The van der Waals surface area contributed by atoms with Gasteiger partial charge >= 0.3 is 11.9 Å². The van der Waals surface area contributed by atoms with Crippen molar-refractivity contribution in [3.05, 3.63) is 24.3 Å². The Bertz CT molecular complexity index is 280. The molecule has 1 atom stereocenters. The summed E-state index contributed by atoms with van der Waals surface area (Å²) in [6.45, 7) is 4.44. The predicted octanol–water partition coefficient (Wildman–Crippen LogP) is 0.497. The predicted molar refractivity (Wildman–Crippen MR) is 53.2 cm³/mol. The summed E-state index contributed by atoms with van der Waals surface area (Å²) in [6, 6.07) is 0. The standard InChI is InChI=1S/C10H14O5/c1-3-9(12)15-6-8(11)5-4-7(2)10(13)14/h3-4,8,11H,1,5-6H2,2H3,(H,13,14)/b7-4+. The van der Waals surface area contributed by atoms with Crippen molar-refractivity contribution in [3.63, 3.8) is 0 Å². The second-order valence-electron chi connectivity index (χ2n) is 2.92. The SMILES string of the molecule is C=CC(=O)OCC(O)C/C=C(\C)C(=O)O. The number of aliphatic hydroxyl groups excluding tert-OH is 1. The quantitative estimate of drug-likeness (QED) is 0.496. The monoisotopic (exact) mass is 214 g/mol. The van der Waals surface area contributed by atoms with E-state index in [9.17, 15) is 14.7 Å². The van der Waals surface area contributed by atoms with E-state index in [1.54, 1.807) is 0 Å². The van der Waals surface area contributed by atoms with Crippen molar-refractivity contribution in [1.82, 2.24) is 0 Å². The fourth-order valence-corrected chi connectivity index (χ4v) is 0.705. The second kappa shape index (κ2) is 6.78. The summed E-state index contributed by atoms with van der Waals surface area (Å²) in [5.74, 6) is -1.65. The molecular weight excluding hydrogens is 200 g/mol. The third kappa shape index (κ3) is 6.45. The Morgan fingerprint density at radius 2 is 2.13 bits per heavy atom. The van der Waals surface area contributed by atoms with Crippen molar-refractivity contribution >= 4 is 11.9 Å². The van der Waals surface area contributed by atoms with Crippen molar-refractivity contribution in [1.29, 1.82) is 0 Å². The van der Waals surface area contributed by atoms with Crippen molar-refractivity contribution in [3.8, 4) is 0 Å². The number of hydrogen-bond donors (Lipinski definition) is 2. The van der Waals surface area contributed by atoms with E-state index in [4.69, 9.17) is 5.11 Å². The largest absolute Gasteiger partial charge is 0.478 e. The maximum absolute atomic E-state index is 10.6. The lowest BCUT2D eigenvalue weighted by Gasteiger charge is -2.07. The van der Waals surface area contributed by atoms with E-state index in [-0.39, 0.29) is 18.6 Å². The van der Waals surface area contributed by atoms with Crippen LogP contribution in [0.25, 0.3) is 0 Å². The van der Waals surface area contributed by atoms with Crippen molar-refractivity contribution in [2.24, 2.45) is 0 Å². The maximum atomic E-state index is 10.6. The van der Waals surface area contributed by atoms with Gasteiger partial charge in [0.25, 0.3) is 0 Å².